The molecular weight excluding hydrogens is 490 g/mol. The molecule has 1 aromatic heterocycles. The first-order chi connectivity index (χ1) is 18.5. The van der Waals surface area contributed by atoms with Gasteiger partial charge < -0.3 is 24.3 Å². The molecule has 38 heavy (non-hydrogen) atoms. The highest BCUT2D eigenvalue weighted by molar-refractivity contribution is 6.07. The Bertz CT molecular complexity index is 1300. The van der Waals surface area contributed by atoms with Crippen LogP contribution < -0.4 is 14.8 Å². The number of amides is 1. The van der Waals surface area contributed by atoms with Crippen LogP contribution in [0, 0.1) is 0 Å². The standard InChI is InChI=1S/C28H31N3O7/c1-35-22-16-18(14-15-21(22)38-17-23(32)29-19-10-6-4-7-11-19)25-24(27(33)36-2)26(28(34)37-3)31(30-25)20-12-8-5-9-13-20/h5,8-9,12-16,19H,4,6-7,10-11,17H2,1-3H3,(H,29,32). The number of rotatable bonds is 9. The van der Waals surface area contributed by atoms with E-state index in [4.69, 9.17) is 18.9 Å². The first-order valence-corrected chi connectivity index (χ1v) is 12.4. The summed E-state index contributed by atoms with van der Waals surface area (Å²) in [6.45, 7) is -0.158. The van der Waals surface area contributed by atoms with Gasteiger partial charge in [-0.2, -0.15) is 5.10 Å². The summed E-state index contributed by atoms with van der Waals surface area (Å²) in [6, 6.07) is 14.0. The number of methoxy groups -OCH3 is 3. The minimum absolute atomic E-state index is 0.0502. The zero-order valence-corrected chi connectivity index (χ0v) is 21.7. The number of nitrogens with zero attached hydrogens (tertiary/aromatic N) is 2. The SMILES string of the molecule is COC(=O)c1c(-c2ccc(OCC(=O)NC3CCCCC3)c(OC)c2)nn(-c2ccccc2)c1C(=O)OC. The molecule has 0 unspecified atom stereocenters. The second-order valence-electron chi connectivity index (χ2n) is 8.86. The molecule has 10 nitrogen and oxygen atoms in total. The molecule has 0 aliphatic heterocycles. The molecule has 1 amide bonds. The number of para-hydroxylation sites is 1. The van der Waals surface area contributed by atoms with Crippen LogP contribution in [0.2, 0.25) is 0 Å². The molecule has 1 fully saturated rings. The van der Waals surface area contributed by atoms with E-state index in [0.29, 0.717) is 22.7 Å². The van der Waals surface area contributed by atoms with Gasteiger partial charge in [0.1, 0.15) is 11.3 Å². The Hall–Kier alpha value is -4.34. The van der Waals surface area contributed by atoms with Gasteiger partial charge in [-0.25, -0.2) is 14.3 Å². The highest BCUT2D eigenvalue weighted by Gasteiger charge is 2.31. The Morgan fingerprint density at radius 1 is 0.921 bits per heavy atom. The van der Waals surface area contributed by atoms with Gasteiger partial charge in [0.2, 0.25) is 0 Å². The fourth-order valence-electron chi connectivity index (χ4n) is 4.55. The van der Waals surface area contributed by atoms with Gasteiger partial charge in [-0.15, -0.1) is 0 Å². The van der Waals surface area contributed by atoms with Crippen LogP contribution in [-0.2, 0) is 14.3 Å². The predicted molar refractivity (Wildman–Crippen MR) is 139 cm³/mol. The maximum Gasteiger partial charge on any atom is 0.357 e. The minimum Gasteiger partial charge on any atom is -0.493 e. The van der Waals surface area contributed by atoms with E-state index in [1.807, 2.05) is 6.07 Å². The summed E-state index contributed by atoms with van der Waals surface area (Å²) in [5.41, 5.74) is 1.10. The Labute approximate surface area is 220 Å². The first-order valence-electron chi connectivity index (χ1n) is 12.4. The van der Waals surface area contributed by atoms with Crippen LogP contribution in [0.5, 0.6) is 11.5 Å². The number of hydrogen-bond acceptors (Lipinski definition) is 8. The third-order valence-electron chi connectivity index (χ3n) is 6.42. The van der Waals surface area contributed by atoms with Gasteiger partial charge in [-0.3, -0.25) is 4.79 Å². The van der Waals surface area contributed by atoms with Crippen molar-refractivity contribution in [2.45, 2.75) is 38.1 Å². The molecule has 0 bridgehead atoms. The molecule has 0 spiro atoms. The molecule has 0 atom stereocenters. The van der Waals surface area contributed by atoms with Crippen molar-refractivity contribution in [1.29, 1.82) is 0 Å². The minimum atomic E-state index is -0.749. The fraction of sp³-hybridized carbons (Fsp3) is 0.357. The molecule has 200 valence electrons. The van der Waals surface area contributed by atoms with Crippen molar-refractivity contribution in [3.8, 4) is 28.4 Å². The second-order valence-corrected chi connectivity index (χ2v) is 8.86. The second kappa shape index (κ2) is 12.3. The number of carbonyl (C=O) groups is 3. The number of benzene rings is 2. The van der Waals surface area contributed by atoms with Crippen LogP contribution in [0.15, 0.2) is 48.5 Å². The van der Waals surface area contributed by atoms with E-state index in [1.54, 1.807) is 42.5 Å². The lowest BCUT2D eigenvalue weighted by Crippen LogP contribution is -2.39. The van der Waals surface area contributed by atoms with Crippen molar-refractivity contribution in [2.24, 2.45) is 0 Å². The zero-order chi connectivity index (χ0) is 27.1. The van der Waals surface area contributed by atoms with Crippen LogP contribution >= 0.6 is 0 Å². The van der Waals surface area contributed by atoms with E-state index in [2.05, 4.69) is 10.4 Å². The number of hydrogen-bond donors (Lipinski definition) is 1. The summed E-state index contributed by atoms with van der Waals surface area (Å²) in [6.07, 6.45) is 5.40. The largest absolute Gasteiger partial charge is 0.493 e. The number of ether oxygens (including phenoxy) is 4. The topological polar surface area (TPSA) is 118 Å². The van der Waals surface area contributed by atoms with Crippen LogP contribution in [0.1, 0.15) is 53.0 Å². The Kier molecular flexibility index (Phi) is 8.62. The highest BCUT2D eigenvalue weighted by atomic mass is 16.5. The Morgan fingerprint density at radius 2 is 1.63 bits per heavy atom. The molecule has 0 saturated heterocycles. The van der Waals surface area contributed by atoms with Crippen molar-refractivity contribution in [3.05, 3.63) is 59.8 Å². The number of nitrogens with one attached hydrogen (secondary N) is 1. The van der Waals surface area contributed by atoms with Gasteiger partial charge in [-0.05, 0) is 43.2 Å². The summed E-state index contributed by atoms with van der Waals surface area (Å²) >= 11 is 0. The molecule has 2 aromatic carbocycles. The Morgan fingerprint density at radius 3 is 2.29 bits per heavy atom. The average Bonchev–Trinajstić information content (AvgIpc) is 3.37. The van der Waals surface area contributed by atoms with E-state index < -0.39 is 11.9 Å². The van der Waals surface area contributed by atoms with Crippen LogP contribution in [0.3, 0.4) is 0 Å². The highest BCUT2D eigenvalue weighted by Crippen LogP contribution is 2.35. The lowest BCUT2D eigenvalue weighted by molar-refractivity contribution is -0.124. The molecular formula is C28H31N3O7. The van der Waals surface area contributed by atoms with E-state index in [1.165, 1.54) is 32.4 Å². The van der Waals surface area contributed by atoms with Crippen LogP contribution in [0.25, 0.3) is 16.9 Å². The third-order valence-corrected chi connectivity index (χ3v) is 6.42. The molecule has 1 aliphatic carbocycles. The lowest BCUT2D eigenvalue weighted by atomic mass is 9.95. The van der Waals surface area contributed by atoms with Gasteiger partial charge in [0, 0.05) is 11.6 Å². The average molecular weight is 522 g/mol. The molecule has 10 heteroatoms. The normalized spacial score (nSPS) is 13.4. The van der Waals surface area contributed by atoms with Gasteiger partial charge >= 0.3 is 11.9 Å². The summed E-state index contributed by atoms with van der Waals surface area (Å²) in [5.74, 6) is -1.01. The summed E-state index contributed by atoms with van der Waals surface area (Å²) < 4.78 is 22.6. The molecule has 1 heterocycles. The predicted octanol–water partition coefficient (Wildman–Crippen LogP) is 3.95. The molecule has 1 aliphatic rings. The quantitative estimate of drug-likeness (QED) is 0.421. The molecule has 1 saturated carbocycles. The van der Waals surface area contributed by atoms with E-state index in [0.717, 1.165) is 25.7 Å². The third kappa shape index (κ3) is 5.80. The lowest BCUT2D eigenvalue weighted by Gasteiger charge is -2.22. The van der Waals surface area contributed by atoms with Crippen molar-refractivity contribution in [1.82, 2.24) is 15.1 Å². The van der Waals surface area contributed by atoms with Crippen LogP contribution in [-0.4, -0.2) is 61.6 Å². The number of aromatic nitrogens is 2. The van der Waals surface area contributed by atoms with Gasteiger partial charge in [0.25, 0.3) is 5.91 Å². The van der Waals surface area contributed by atoms with E-state index in [-0.39, 0.29) is 35.5 Å². The van der Waals surface area contributed by atoms with Gasteiger partial charge in [0.05, 0.1) is 27.0 Å². The Balaban J connectivity index is 1.67. The van der Waals surface area contributed by atoms with Crippen LogP contribution in [0.4, 0.5) is 0 Å². The smallest absolute Gasteiger partial charge is 0.357 e. The molecule has 4 rings (SSSR count). The van der Waals surface area contributed by atoms with Crippen molar-refractivity contribution >= 4 is 17.8 Å². The zero-order valence-electron chi connectivity index (χ0n) is 21.7. The molecule has 3 aromatic rings. The summed E-state index contributed by atoms with van der Waals surface area (Å²) in [4.78, 5) is 38.1. The van der Waals surface area contributed by atoms with E-state index in [9.17, 15) is 14.4 Å². The number of esters is 2. The van der Waals surface area contributed by atoms with Gasteiger partial charge in [-0.1, -0.05) is 37.5 Å². The molecule has 1 N–H and O–H groups in total. The maximum atomic E-state index is 12.9. The van der Waals surface area contributed by atoms with E-state index >= 15 is 0 Å². The van der Waals surface area contributed by atoms with Crippen molar-refractivity contribution in [3.63, 3.8) is 0 Å². The maximum absolute atomic E-state index is 12.9. The monoisotopic (exact) mass is 521 g/mol. The van der Waals surface area contributed by atoms with Crippen molar-refractivity contribution < 1.29 is 33.3 Å². The fourth-order valence-corrected chi connectivity index (χ4v) is 4.55. The first kappa shape index (κ1) is 26.7. The van der Waals surface area contributed by atoms with Gasteiger partial charge in [0.15, 0.2) is 23.8 Å². The number of carbonyl (C=O) groups excluding carboxylic acids is 3. The summed E-state index contributed by atoms with van der Waals surface area (Å²) in [5, 5.41) is 7.61. The van der Waals surface area contributed by atoms with Crippen molar-refractivity contribution in [2.75, 3.05) is 27.9 Å². The summed E-state index contributed by atoms with van der Waals surface area (Å²) in [7, 11) is 3.92. The molecule has 0 radical (unpaired) electrons.